The van der Waals surface area contributed by atoms with Crippen molar-refractivity contribution in [3.05, 3.63) is 0 Å². The van der Waals surface area contributed by atoms with Gasteiger partial charge in [0, 0.05) is 6.16 Å². The van der Waals surface area contributed by atoms with Crippen LogP contribution in [-0.2, 0) is 8.15 Å². The molecule has 8 heavy (non-hydrogen) atoms. The van der Waals surface area contributed by atoms with Gasteiger partial charge in [-0.25, -0.2) is 8.15 Å². The van der Waals surface area contributed by atoms with Gasteiger partial charge in [0.2, 0.25) is 8.38 Å². The molecular weight excluding hydrogens is 170 g/mol. The van der Waals surface area contributed by atoms with Gasteiger partial charge in [-0.2, -0.15) is 0 Å². The van der Waals surface area contributed by atoms with E-state index in [-0.39, 0.29) is 0 Å². The Morgan fingerprint density at radius 1 is 1.38 bits per heavy atom. The number of halogens is 2. The standard InChI is InChI=1S/C3H7Cl2O2P/c1-2-3-8(6-4)7-5/h2-3H2,1H3. The third-order valence-electron chi connectivity index (χ3n) is 0.560. The topological polar surface area (TPSA) is 18.5 Å². The normalized spacial score (nSPS) is 10.5. The molecular formula is C3H7Cl2O2P. The summed E-state index contributed by atoms with van der Waals surface area (Å²) in [6, 6.07) is 0. The second-order valence-corrected chi connectivity index (χ2v) is 3.41. The van der Waals surface area contributed by atoms with E-state index in [4.69, 9.17) is 23.7 Å². The molecule has 0 radical (unpaired) electrons. The second kappa shape index (κ2) is 6.06. The minimum atomic E-state index is -1.03. The van der Waals surface area contributed by atoms with Crippen LogP contribution in [0, 0.1) is 0 Å². The molecule has 0 rings (SSSR count). The van der Waals surface area contributed by atoms with Gasteiger partial charge in [-0.1, -0.05) is 6.92 Å². The highest BCUT2D eigenvalue weighted by Crippen LogP contribution is 2.41. The maximum atomic E-state index is 4.97. The first-order valence-electron chi connectivity index (χ1n) is 2.20. The average molecular weight is 177 g/mol. The summed E-state index contributed by atoms with van der Waals surface area (Å²) in [7, 11) is -1.03. The molecule has 0 aliphatic heterocycles. The van der Waals surface area contributed by atoms with E-state index >= 15 is 0 Å². The number of hydrogen-bond acceptors (Lipinski definition) is 2. The van der Waals surface area contributed by atoms with E-state index in [9.17, 15) is 0 Å². The second-order valence-electron chi connectivity index (χ2n) is 1.19. The summed E-state index contributed by atoms with van der Waals surface area (Å²) in [6.07, 6.45) is 1.74. The fourth-order valence-corrected chi connectivity index (χ4v) is 1.46. The molecule has 0 unspecified atom stereocenters. The summed E-state index contributed by atoms with van der Waals surface area (Å²) in [4.78, 5) is 0. The van der Waals surface area contributed by atoms with Crippen molar-refractivity contribution in [2.75, 3.05) is 6.16 Å². The van der Waals surface area contributed by atoms with E-state index in [1.54, 1.807) is 0 Å². The van der Waals surface area contributed by atoms with Crippen molar-refractivity contribution < 1.29 is 8.15 Å². The van der Waals surface area contributed by atoms with Crippen LogP contribution in [0.15, 0.2) is 0 Å². The van der Waals surface area contributed by atoms with Crippen molar-refractivity contribution in [2.45, 2.75) is 13.3 Å². The van der Waals surface area contributed by atoms with E-state index < -0.39 is 8.38 Å². The molecule has 0 aliphatic rings. The first-order valence-corrected chi connectivity index (χ1v) is 4.18. The SMILES string of the molecule is CCCP(OCl)OCl. The lowest BCUT2D eigenvalue weighted by Gasteiger charge is -2.03. The van der Waals surface area contributed by atoms with Crippen LogP contribution in [0.2, 0.25) is 0 Å². The maximum Gasteiger partial charge on any atom is 0.212 e. The highest BCUT2D eigenvalue weighted by atomic mass is 35.5. The van der Waals surface area contributed by atoms with E-state index in [1.165, 1.54) is 0 Å². The minimum Gasteiger partial charge on any atom is -0.225 e. The highest BCUT2D eigenvalue weighted by Gasteiger charge is 2.05. The van der Waals surface area contributed by atoms with Gasteiger partial charge in [-0.3, -0.25) is 0 Å². The molecule has 0 amide bonds. The number of hydrogen-bond donors (Lipinski definition) is 0. The lowest BCUT2D eigenvalue weighted by Crippen LogP contribution is -1.79. The van der Waals surface area contributed by atoms with Gasteiger partial charge < -0.3 is 0 Å². The third kappa shape index (κ3) is 3.88. The molecule has 0 fully saturated rings. The minimum absolute atomic E-state index is 0.780. The molecule has 0 aliphatic carbocycles. The van der Waals surface area contributed by atoms with E-state index in [1.807, 2.05) is 6.92 Å². The van der Waals surface area contributed by atoms with Gasteiger partial charge in [0.05, 0.1) is 23.7 Å². The molecule has 0 atom stereocenters. The predicted molar refractivity (Wildman–Crippen MR) is 36.0 cm³/mol. The molecule has 2 nitrogen and oxygen atoms in total. The fourth-order valence-electron chi connectivity index (χ4n) is 0.262. The molecule has 0 aromatic heterocycles. The summed E-state index contributed by atoms with van der Waals surface area (Å²) in [5.74, 6) is 0. The molecule has 50 valence electrons. The monoisotopic (exact) mass is 176 g/mol. The molecule has 0 aromatic rings. The van der Waals surface area contributed by atoms with Crippen molar-refractivity contribution in [1.29, 1.82) is 0 Å². The largest absolute Gasteiger partial charge is 0.225 e. The fraction of sp³-hybridized carbons (Fsp3) is 1.00. The highest BCUT2D eigenvalue weighted by molar-refractivity contribution is 7.49. The first kappa shape index (κ1) is 8.93. The van der Waals surface area contributed by atoms with E-state index in [2.05, 4.69) is 8.15 Å². The Morgan fingerprint density at radius 2 is 1.88 bits per heavy atom. The predicted octanol–water partition coefficient (Wildman–Crippen LogP) is 3.05. The molecule has 0 bridgehead atoms. The summed E-state index contributed by atoms with van der Waals surface area (Å²) >= 11 is 9.93. The van der Waals surface area contributed by atoms with Gasteiger partial charge in [-0.15, -0.1) is 0 Å². The molecule has 5 heteroatoms. The smallest absolute Gasteiger partial charge is 0.212 e. The molecule has 0 saturated heterocycles. The average Bonchev–Trinajstić information content (AvgIpc) is 1.83. The Hall–Kier alpha value is 0.930. The zero-order chi connectivity index (χ0) is 6.41. The van der Waals surface area contributed by atoms with Crippen molar-refractivity contribution in [3.63, 3.8) is 0 Å². The molecule has 0 aromatic carbocycles. The van der Waals surface area contributed by atoms with Crippen LogP contribution in [0.5, 0.6) is 0 Å². The van der Waals surface area contributed by atoms with Crippen LogP contribution in [0.4, 0.5) is 0 Å². The van der Waals surface area contributed by atoms with Gasteiger partial charge in [0.25, 0.3) is 0 Å². The quantitative estimate of drug-likeness (QED) is 0.614. The summed E-state index contributed by atoms with van der Waals surface area (Å²) in [5.41, 5.74) is 0. The summed E-state index contributed by atoms with van der Waals surface area (Å²) in [6.45, 7) is 2.00. The van der Waals surface area contributed by atoms with Crippen LogP contribution in [-0.4, -0.2) is 6.16 Å². The summed E-state index contributed by atoms with van der Waals surface area (Å²) in [5, 5.41) is 0. The Bertz CT molecular complexity index is 50.5. The van der Waals surface area contributed by atoms with Crippen LogP contribution < -0.4 is 0 Å². The van der Waals surface area contributed by atoms with Crippen molar-refractivity contribution in [3.8, 4) is 0 Å². The maximum absolute atomic E-state index is 4.97. The van der Waals surface area contributed by atoms with E-state index in [0.717, 1.165) is 12.6 Å². The van der Waals surface area contributed by atoms with E-state index in [0.29, 0.717) is 0 Å². The van der Waals surface area contributed by atoms with Crippen LogP contribution >= 0.6 is 32.1 Å². The zero-order valence-electron chi connectivity index (χ0n) is 4.43. The van der Waals surface area contributed by atoms with Crippen molar-refractivity contribution in [1.82, 2.24) is 0 Å². The van der Waals surface area contributed by atoms with Gasteiger partial charge >= 0.3 is 0 Å². The van der Waals surface area contributed by atoms with Gasteiger partial charge in [-0.05, 0) is 6.42 Å². The lowest BCUT2D eigenvalue weighted by molar-refractivity contribution is 0.547. The van der Waals surface area contributed by atoms with Crippen molar-refractivity contribution >= 4 is 32.1 Å². The third-order valence-corrected chi connectivity index (χ3v) is 2.60. The van der Waals surface area contributed by atoms with Crippen molar-refractivity contribution in [2.24, 2.45) is 0 Å². The Morgan fingerprint density at radius 3 is 2.00 bits per heavy atom. The van der Waals surface area contributed by atoms with Gasteiger partial charge in [0.1, 0.15) is 0 Å². The molecule has 0 heterocycles. The van der Waals surface area contributed by atoms with Gasteiger partial charge in [0.15, 0.2) is 0 Å². The first-order chi connectivity index (χ1) is 3.85. The Labute approximate surface area is 60.3 Å². The Kier molecular flexibility index (Phi) is 6.76. The molecule has 0 saturated carbocycles. The van der Waals surface area contributed by atoms with Crippen LogP contribution in [0.25, 0.3) is 0 Å². The molecule has 0 spiro atoms. The van der Waals surface area contributed by atoms with Crippen LogP contribution in [0.3, 0.4) is 0 Å². The molecule has 0 N–H and O–H groups in total. The van der Waals surface area contributed by atoms with Crippen LogP contribution in [0.1, 0.15) is 13.3 Å². The summed E-state index contributed by atoms with van der Waals surface area (Å²) < 4.78 is 8.65. The Balaban J connectivity index is 3.07. The lowest BCUT2D eigenvalue weighted by atomic mass is 10.6. The number of rotatable bonds is 4. The zero-order valence-corrected chi connectivity index (χ0v) is 6.84.